The summed E-state index contributed by atoms with van der Waals surface area (Å²) in [7, 11) is 3.60. The maximum atomic E-state index is 11.1. The molecule has 0 fully saturated rings. The molecule has 0 aliphatic carbocycles. The van der Waals surface area contributed by atoms with Crippen molar-refractivity contribution in [3.05, 3.63) is 34.9 Å². The highest BCUT2D eigenvalue weighted by Gasteiger charge is 2.21. The Bertz CT molecular complexity index is 365. The van der Waals surface area contributed by atoms with Crippen molar-refractivity contribution in [3.8, 4) is 0 Å². The molecule has 0 aliphatic heterocycles. The molecule has 88 valence electrons. The summed E-state index contributed by atoms with van der Waals surface area (Å²) < 4.78 is 0. The van der Waals surface area contributed by atoms with Crippen LogP contribution in [0.3, 0.4) is 0 Å². The van der Waals surface area contributed by atoms with Crippen LogP contribution in [0.1, 0.15) is 16.7 Å². The average Bonchev–Trinajstić information content (AvgIpc) is 2.15. The maximum absolute atomic E-state index is 11.1. The van der Waals surface area contributed by atoms with Crippen molar-refractivity contribution in [1.29, 1.82) is 0 Å². The highest BCUT2D eigenvalue weighted by atomic mass is 16.4. The lowest BCUT2D eigenvalue weighted by molar-refractivity contribution is -0.142. The zero-order chi connectivity index (χ0) is 12.3. The zero-order valence-electron chi connectivity index (χ0n) is 10.3. The van der Waals surface area contributed by atoms with E-state index in [2.05, 4.69) is 0 Å². The van der Waals surface area contributed by atoms with Crippen LogP contribution in [0.15, 0.2) is 18.2 Å². The van der Waals surface area contributed by atoms with Crippen LogP contribution >= 0.6 is 0 Å². The van der Waals surface area contributed by atoms with E-state index in [0.29, 0.717) is 6.42 Å². The molecule has 0 saturated carbocycles. The van der Waals surface area contributed by atoms with Crippen LogP contribution in [-0.2, 0) is 11.2 Å². The molecule has 1 atom stereocenters. The fourth-order valence-electron chi connectivity index (χ4n) is 1.86. The van der Waals surface area contributed by atoms with E-state index in [1.807, 2.05) is 32.0 Å². The van der Waals surface area contributed by atoms with Gasteiger partial charge in [0.15, 0.2) is 0 Å². The smallest absolute Gasteiger partial charge is 0.321 e. The number of aliphatic carboxylic acids is 1. The van der Waals surface area contributed by atoms with Crippen LogP contribution < -0.4 is 0 Å². The topological polar surface area (TPSA) is 40.5 Å². The van der Waals surface area contributed by atoms with Gasteiger partial charge in [0.25, 0.3) is 0 Å². The summed E-state index contributed by atoms with van der Waals surface area (Å²) in [6.07, 6.45) is 0.556. The monoisotopic (exact) mass is 221 g/mol. The molecule has 0 heterocycles. The Balaban J connectivity index is 2.98. The van der Waals surface area contributed by atoms with Gasteiger partial charge in [0.1, 0.15) is 6.04 Å². The highest BCUT2D eigenvalue weighted by molar-refractivity contribution is 5.74. The van der Waals surface area contributed by atoms with Gasteiger partial charge in [-0.25, -0.2) is 0 Å². The van der Waals surface area contributed by atoms with Gasteiger partial charge in [-0.05, 0) is 51.1 Å². The third-order valence-electron chi connectivity index (χ3n) is 2.95. The number of likely N-dealkylation sites (N-methyl/N-ethyl adjacent to an activating group) is 1. The molecule has 1 aromatic carbocycles. The summed E-state index contributed by atoms with van der Waals surface area (Å²) in [6, 6.07) is 5.59. The first kappa shape index (κ1) is 12.7. The first-order chi connectivity index (χ1) is 7.43. The Morgan fingerprint density at radius 3 is 2.19 bits per heavy atom. The van der Waals surface area contributed by atoms with E-state index in [1.54, 1.807) is 19.0 Å². The number of rotatable bonds is 4. The van der Waals surface area contributed by atoms with Gasteiger partial charge in [-0.3, -0.25) is 9.69 Å². The molecule has 1 N–H and O–H groups in total. The van der Waals surface area contributed by atoms with Crippen LogP contribution in [-0.4, -0.2) is 36.1 Å². The van der Waals surface area contributed by atoms with E-state index in [4.69, 9.17) is 5.11 Å². The van der Waals surface area contributed by atoms with Gasteiger partial charge in [0, 0.05) is 0 Å². The van der Waals surface area contributed by atoms with Gasteiger partial charge in [0.05, 0.1) is 0 Å². The van der Waals surface area contributed by atoms with E-state index in [-0.39, 0.29) is 0 Å². The molecule has 0 spiro atoms. The lowest BCUT2D eigenvalue weighted by Gasteiger charge is -2.21. The summed E-state index contributed by atoms with van der Waals surface area (Å²) >= 11 is 0. The van der Waals surface area contributed by atoms with Crippen molar-refractivity contribution in [2.75, 3.05) is 14.1 Å². The van der Waals surface area contributed by atoms with Crippen molar-refractivity contribution >= 4 is 5.97 Å². The van der Waals surface area contributed by atoms with Crippen LogP contribution in [0.4, 0.5) is 0 Å². The normalized spacial score (nSPS) is 12.8. The summed E-state index contributed by atoms with van der Waals surface area (Å²) in [6.45, 7) is 4.05. The van der Waals surface area contributed by atoms with E-state index in [9.17, 15) is 4.79 Å². The number of aryl methyl sites for hydroxylation is 2. The number of nitrogens with zero attached hydrogens (tertiary/aromatic N) is 1. The number of carboxylic acid groups (broad SMARTS) is 1. The molecule has 0 radical (unpaired) electrons. The van der Waals surface area contributed by atoms with Gasteiger partial charge in [-0.15, -0.1) is 0 Å². The van der Waals surface area contributed by atoms with Crippen LogP contribution in [0, 0.1) is 13.8 Å². The summed E-state index contributed by atoms with van der Waals surface area (Å²) in [5.74, 6) is -0.771. The minimum Gasteiger partial charge on any atom is -0.480 e. The molecule has 1 aromatic rings. The summed E-state index contributed by atoms with van der Waals surface area (Å²) in [4.78, 5) is 12.9. The Hall–Kier alpha value is -1.35. The Morgan fingerprint density at radius 2 is 1.81 bits per heavy atom. The van der Waals surface area contributed by atoms with Crippen molar-refractivity contribution in [2.45, 2.75) is 26.3 Å². The number of hydrogen-bond donors (Lipinski definition) is 1. The molecule has 0 bridgehead atoms. The van der Waals surface area contributed by atoms with Crippen molar-refractivity contribution in [3.63, 3.8) is 0 Å². The predicted molar refractivity (Wildman–Crippen MR) is 64.7 cm³/mol. The molecule has 0 aromatic heterocycles. The third kappa shape index (κ3) is 2.83. The average molecular weight is 221 g/mol. The number of benzene rings is 1. The summed E-state index contributed by atoms with van der Waals surface area (Å²) in [5, 5.41) is 9.15. The fourth-order valence-corrected chi connectivity index (χ4v) is 1.86. The maximum Gasteiger partial charge on any atom is 0.321 e. The molecular weight excluding hydrogens is 202 g/mol. The van der Waals surface area contributed by atoms with Gasteiger partial charge < -0.3 is 5.11 Å². The molecule has 3 heteroatoms. The molecule has 1 rings (SSSR count). The van der Waals surface area contributed by atoms with Crippen molar-refractivity contribution in [1.82, 2.24) is 4.90 Å². The van der Waals surface area contributed by atoms with Gasteiger partial charge >= 0.3 is 5.97 Å². The number of carbonyl (C=O) groups is 1. The predicted octanol–water partition coefficient (Wildman–Crippen LogP) is 1.86. The van der Waals surface area contributed by atoms with E-state index in [1.165, 1.54) is 0 Å². The molecular formula is C13H19NO2. The second kappa shape index (κ2) is 5.12. The molecule has 0 saturated heterocycles. The largest absolute Gasteiger partial charge is 0.480 e. The molecule has 16 heavy (non-hydrogen) atoms. The van der Waals surface area contributed by atoms with E-state index in [0.717, 1.165) is 16.7 Å². The van der Waals surface area contributed by atoms with Gasteiger partial charge in [0.2, 0.25) is 0 Å². The molecule has 3 nitrogen and oxygen atoms in total. The second-order valence-corrected chi connectivity index (χ2v) is 4.39. The molecule has 0 unspecified atom stereocenters. The van der Waals surface area contributed by atoms with Crippen molar-refractivity contribution < 1.29 is 9.90 Å². The van der Waals surface area contributed by atoms with Crippen LogP contribution in [0.25, 0.3) is 0 Å². The minimum absolute atomic E-state index is 0.459. The SMILES string of the molecule is Cc1cccc(C)c1C[C@H](C(=O)O)N(C)C. The van der Waals surface area contributed by atoms with Crippen LogP contribution in [0.2, 0.25) is 0 Å². The minimum atomic E-state index is -0.771. The van der Waals surface area contributed by atoms with E-state index >= 15 is 0 Å². The van der Waals surface area contributed by atoms with Crippen molar-refractivity contribution in [2.24, 2.45) is 0 Å². The number of hydrogen-bond acceptors (Lipinski definition) is 2. The fraction of sp³-hybridized carbons (Fsp3) is 0.462. The lowest BCUT2D eigenvalue weighted by Crippen LogP contribution is -2.37. The third-order valence-corrected chi connectivity index (χ3v) is 2.95. The molecule has 0 amide bonds. The summed E-state index contributed by atoms with van der Waals surface area (Å²) in [5.41, 5.74) is 3.46. The lowest BCUT2D eigenvalue weighted by atomic mass is 9.96. The zero-order valence-corrected chi connectivity index (χ0v) is 10.3. The highest BCUT2D eigenvalue weighted by Crippen LogP contribution is 2.16. The Morgan fingerprint density at radius 1 is 1.31 bits per heavy atom. The Labute approximate surface area is 96.7 Å². The van der Waals surface area contributed by atoms with Crippen LogP contribution in [0.5, 0.6) is 0 Å². The van der Waals surface area contributed by atoms with Gasteiger partial charge in [-0.2, -0.15) is 0 Å². The standard InChI is InChI=1S/C13H19NO2/c1-9-6-5-7-10(2)11(9)8-12(13(15)16)14(3)4/h5-7,12H,8H2,1-4H3,(H,15,16)/t12-/m1/s1. The first-order valence-corrected chi connectivity index (χ1v) is 5.37. The van der Waals surface area contributed by atoms with Gasteiger partial charge in [-0.1, -0.05) is 18.2 Å². The number of carboxylic acids is 1. The first-order valence-electron chi connectivity index (χ1n) is 5.37. The molecule has 0 aliphatic rings. The van der Waals surface area contributed by atoms with E-state index < -0.39 is 12.0 Å². The quantitative estimate of drug-likeness (QED) is 0.843. The Kier molecular flexibility index (Phi) is 4.07. The second-order valence-electron chi connectivity index (χ2n) is 4.39.